The van der Waals surface area contributed by atoms with Crippen LogP contribution in [0.25, 0.3) is 0 Å². The largest absolute Gasteiger partial charge is 0.459 e. The maximum Gasteiger partial charge on any atom is 0.351 e. The highest BCUT2D eigenvalue weighted by Crippen LogP contribution is 2.17. The van der Waals surface area contributed by atoms with Gasteiger partial charge < -0.3 is 19.5 Å². The second-order valence-electron chi connectivity index (χ2n) is 4.46. The van der Waals surface area contributed by atoms with Crippen LogP contribution in [0.5, 0.6) is 0 Å². The number of nitrogens with zero attached hydrogens (tertiary/aromatic N) is 1. The molecule has 6 nitrogen and oxygen atoms in total. The Kier molecular flexibility index (Phi) is 8.90. The van der Waals surface area contributed by atoms with Crippen LogP contribution in [0.4, 0.5) is 0 Å². The molecule has 0 aliphatic carbocycles. The van der Waals surface area contributed by atoms with Gasteiger partial charge in [-0.1, -0.05) is 0 Å². The summed E-state index contributed by atoms with van der Waals surface area (Å²) in [4.78, 5) is 11.9. The summed E-state index contributed by atoms with van der Waals surface area (Å²) in [7, 11) is 0. The van der Waals surface area contributed by atoms with Gasteiger partial charge in [0.15, 0.2) is 5.57 Å². The van der Waals surface area contributed by atoms with E-state index in [1.807, 2.05) is 19.2 Å². The smallest absolute Gasteiger partial charge is 0.351 e. The Labute approximate surface area is 129 Å². The molecule has 0 amide bonds. The van der Waals surface area contributed by atoms with E-state index in [1.54, 1.807) is 0 Å². The van der Waals surface area contributed by atoms with Crippen molar-refractivity contribution in [1.29, 1.82) is 5.26 Å². The molecule has 118 valence electrons. The van der Waals surface area contributed by atoms with Crippen LogP contribution in [-0.2, 0) is 19.0 Å². The Morgan fingerprint density at radius 1 is 1.52 bits per heavy atom. The molecule has 7 heteroatoms. The molecule has 1 unspecified atom stereocenters. The number of ether oxygens (including phenoxy) is 3. The highest BCUT2D eigenvalue weighted by Gasteiger charge is 2.19. The van der Waals surface area contributed by atoms with Crippen molar-refractivity contribution in [2.75, 3.05) is 45.8 Å². The van der Waals surface area contributed by atoms with Crippen molar-refractivity contribution in [2.24, 2.45) is 5.92 Å². The lowest BCUT2D eigenvalue weighted by Gasteiger charge is -2.13. The van der Waals surface area contributed by atoms with E-state index < -0.39 is 5.97 Å². The minimum absolute atomic E-state index is 0.0120. The van der Waals surface area contributed by atoms with Crippen LogP contribution in [0, 0.1) is 17.2 Å². The first-order valence-corrected chi connectivity index (χ1v) is 8.20. The van der Waals surface area contributed by atoms with E-state index >= 15 is 0 Å². The van der Waals surface area contributed by atoms with Gasteiger partial charge in [-0.2, -0.15) is 5.26 Å². The maximum atomic E-state index is 11.9. The van der Waals surface area contributed by atoms with Crippen LogP contribution in [-0.4, -0.2) is 51.8 Å². The third-order valence-corrected chi connectivity index (χ3v) is 3.74. The first-order valence-electron chi connectivity index (χ1n) is 6.97. The van der Waals surface area contributed by atoms with Crippen molar-refractivity contribution in [3.8, 4) is 6.07 Å². The van der Waals surface area contributed by atoms with Crippen molar-refractivity contribution < 1.29 is 19.0 Å². The first-order chi connectivity index (χ1) is 10.2. The van der Waals surface area contributed by atoms with E-state index in [4.69, 9.17) is 14.2 Å². The second kappa shape index (κ2) is 10.5. The fourth-order valence-electron chi connectivity index (χ4n) is 1.84. The normalized spacial score (nSPS) is 18.8. The molecule has 1 saturated heterocycles. The number of hydrogen-bond acceptors (Lipinski definition) is 7. The maximum absolute atomic E-state index is 11.9. The number of carbonyl (C=O) groups is 1. The van der Waals surface area contributed by atoms with E-state index in [1.165, 1.54) is 11.8 Å². The molecule has 0 spiro atoms. The summed E-state index contributed by atoms with van der Waals surface area (Å²) in [5.41, 5.74) is 0.0120. The van der Waals surface area contributed by atoms with Gasteiger partial charge in [0, 0.05) is 25.7 Å². The molecule has 0 saturated carbocycles. The summed E-state index contributed by atoms with van der Waals surface area (Å²) in [5.74, 6) is -0.196. The Balaban J connectivity index is 2.53. The zero-order valence-corrected chi connectivity index (χ0v) is 13.3. The summed E-state index contributed by atoms with van der Waals surface area (Å²) in [5, 5.41) is 12.9. The van der Waals surface area contributed by atoms with Crippen LogP contribution in [0.3, 0.4) is 0 Å². The van der Waals surface area contributed by atoms with E-state index in [0.29, 0.717) is 30.7 Å². The number of nitriles is 1. The second-order valence-corrected chi connectivity index (χ2v) is 5.28. The molecule has 1 heterocycles. The number of nitrogens with one attached hydrogen (secondary N) is 1. The zero-order valence-electron chi connectivity index (χ0n) is 12.5. The van der Waals surface area contributed by atoms with Crippen molar-refractivity contribution >= 4 is 17.7 Å². The van der Waals surface area contributed by atoms with Gasteiger partial charge in [0.2, 0.25) is 0 Å². The Morgan fingerprint density at radius 2 is 2.33 bits per heavy atom. The highest BCUT2D eigenvalue weighted by atomic mass is 32.2. The Morgan fingerprint density at radius 3 is 2.90 bits per heavy atom. The average Bonchev–Trinajstić information content (AvgIpc) is 3.01. The highest BCUT2D eigenvalue weighted by molar-refractivity contribution is 8.02. The molecule has 0 aromatic heterocycles. The van der Waals surface area contributed by atoms with Gasteiger partial charge in [0.25, 0.3) is 0 Å². The molecule has 0 aromatic carbocycles. The van der Waals surface area contributed by atoms with Crippen LogP contribution < -0.4 is 5.32 Å². The predicted molar refractivity (Wildman–Crippen MR) is 80.5 cm³/mol. The van der Waals surface area contributed by atoms with E-state index in [2.05, 4.69) is 5.32 Å². The number of carbonyl (C=O) groups excluding carboxylic acids is 1. The van der Waals surface area contributed by atoms with Gasteiger partial charge in [-0.3, -0.25) is 0 Å². The van der Waals surface area contributed by atoms with Crippen LogP contribution in [0.2, 0.25) is 0 Å². The topological polar surface area (TPSA) is 80.6 Å². The minimum Gasteiger partial charge on any atom is -0.459 e. The van der Waals surface area contributed by atoms with Crippen molar-refractivity contribution in [1.82, 2.24) is 5.32 Å². The van der Waals surface area contributed by atoms with E-state index in [0.717, 1.165) is 19.6 Å². The van der Waals surface area contributed by atoms with Crippen molar-refractivity contribution in [3.05, 3.63) is 10.6 Å². The molecular formula is C14H22N2O4S. The Hall–Kier alpha value is -1.23. The lowest BCUT2D eigenvalue weighted by molar-refractivity contribution is -0.140. The molecular weight excluding hydrogens is 292 g/mol. The molecule has 1 atom stereocenters. The quantitative estimate of drug-likeness (QED) is 0.297. The van der Waals surface area contributed by atoms with Crippen LogP contribution >= 0.6 is 11.8 Å². The third-order valence-electron chi connectivity index (χ3n) is 2.99. The summed E-state index contributed by atoms with van der Waals surface area (Å²) in [6.07, 6.45) is 2.81. The van der Waals surface area contributed by atoms with Gasteiger partial charge in [0.1, 0.15) is 12.7 Å². The molecule has 1 N–H and O–H groups in total. The first kappa shape index (κ1) is 17.8. The summed E-state index contributed by atoms with van der Waals surface area (Å²) >= 11 is 1.33. The molecule has 1 aliphatic heterocycles. The molecule has 0 radical (unpaired) electrons. The summed E-state index contributed by atoms with van der Waals surface area (Å²) < 4.78 is 15.4. The number of esters is 1. The fourth-order valence-corrected chi connectivity index (χ4v) is 2.40. The van der Waals surface area contributed by atoms with Gasteiger partial charge >= 0.3 is 5.97 Å². The van der Waals surface area contributed by atoms with E-state index in [9.17, 15) is 10.1 Å². The van der Waals surface area contributed by atoms with Crippen molar-refractivity contribution in [2.45, 2.75) is 13.3 Å². The standard InChI is InChI=1S/C14H22N2O4S/c1-3-18-6-7-20-14(17)12(8-15)13(21-2)16-9-11-4-5-19-10-11/h11,16H,3-7,9-10H2,1-2H3/b13-12-. The monoisotopic (exact) mass is 314 g/mol. The summed E-state index contributed by atoms with van der Waals surface area (Å²) in [6, 6.07) is 1.92. The average molecular weight is 314 g/mol. The lowest BCUT2D eigenvalue weighted by Crippen LogP contribution is -2.24. The van der Waals surface area contributed by atoms with Crippen molar-refractivity contribution in [3.63, 3.8) is 0 Å². The molecule has 0 bridgehead atoms. The van der Waals surface area contributed by atoms with Crippen LogP contribution in [0.15, 0.2) is 10.6 Å². The van der Waals surface area contributed by atoms with Gasteiger partial charge in [0.05, 0.1) is 18.2 Å². The van der Waals surface area contributed by atoms with Gasteiger partial charge in [-0.05, 0) is 19.6 Å². The van der Waals surface area contributed by atoms with Gasteiger partial charge in [-0.25, -0.2) is 4.79 Å². The molecule has 21 heavy (non-hydrogen) atoms. The SMILES string of the molecule is CCOCCOC(=O)/C(C#N)=C(/NCC1CCOC1)SC. The van der Waals surface area contributed by atoms with E-state index in [-0.39, 0.29) is 12.2 Å². The number of thioether (sulfide) groups is 1. The minimum atomic E-state index is -0.614. The molecule has 1 rings (SSSR count). The molecule has 1 fully saturated rings. The number of hydrogen-bond donors (Lipinski definition) is 1. The fraction of sp³-hybridized carbons (Fsp3) is 0.714. The molecule has 1 aliphatic rings. The van der Waals surface area contributed by atoms with Gasteiger partial charge in [-0.15, -0.1) is 11.8 Å². The summed E-state index contributed by atoms with van der Waals surface area (Å²) in [6.45, 7) is 5.10. The molecule has 0 aromatic rings. The zero-order chi connectivity index (χ0) is 15.5. The number of rotatable bonds is 9. The lowest BCUT2D eigenvalue weighted by atomic mass is 10.1. The van der Waals surface area contributed by atoms with Crippen LogP contribution in [0.1, 0.15) is 13.3 Å². The predicted octanol–water partition coefficient (Wildman–Crippen LogP) is 1.29. The Bertz CT molecular complexity index is 400. The third kappa shape index (κ3) is 6.38.